The van der Waals surface area contributed by atoms with Crippen molar-refractivity contribution in [3.05, 3.63) is 65.2 Å². The maximum absolute atomic E-state index is 13.6. The van der Waals surface area contributed by atoms with Crippen LogP contribution in [0.1, 0.15) is 17.2 Å². The predicted octanol–water partition coefficient (Wildman–Crippen LogP) is 3.22. The lowest BCUT2D eigenvalue weighted by Crippen LogP contribution is -2.15. The molecule has 0 amide bonds. The Labute approximate surface area is 110 Å². The number of nitrogens with two attached hydrogens (primary N) is 1. The smallest absolute Gasteiger partial charge is 0.128 e. The molecule has 2 N–H and O–H groups in total. The zero-order chi connectivity index (χ0) is 13.8. The van der Waals surface area contributed by atoms with Crippen LogP contribution >= 0.6 is 0 Å². The summed E-state index contributed by atoms with van der Waals surface area (Å²) in [6.45, 7) is 0. The van der Waals surface area contributed by atoms with Gasteiger partial charge in [-0.3, -0.25) is 0 Å². The average molecular weight is 263 g/mol. The van der Waals surface area contributed by atoms with Crippen molar-refractivity contribution >= 4 is 0 Å². The monoisotopic (exact) mass is 263 g/mol. The third kappa shape index (κ3) is 3.09. The predicted molar refractivity (Wildman–Crippen MR) is 70.0 cm³/mol. The summed E-state index contributed by atoms with van der Waals surface area (Å²) >= 11 is 0. The molecule has 0 bridgehead atoms. The molecule has 2 aromatic rings. The van der Waals surface area contributed by atoms with E-state index in [-0.39, 0.29) is 5.56 Å². The SMILES string of the molecule is COc1ccccc1CC(N)c1cc(F)ccc1F. The highest BCUT2D eigenvalue weighted by Gasteiger charge is 2.15. The quantitative estimate of drug-likeness (QED) is 0.919. The van der Waals surface area contributed by atoms with Gasteiger partial charge in [-0.1, -0.05) is 18.2 Å². The fourth-order valence-electron chi connectivity index (χ4n) is 2.02. The Hall–Kier alpha value is -1.94. The van der Waals surface area contributed by atoms with Gasteiger partial charge in [-0.05, 0) is 36.2 Å². The Morgan fingerprint density at radius 3 is 2.63 bits per heavy atom. The highest BCUT2D eigenvalue weighted by molar-refractivity contribution is 5.35. The molecule has 100 valence electrons. The minimum absolute atomic E-state index is 0.172. The zero-order valence-corrected chi connectivity index (χ0v) is 10.6. The molecule has 4 heteroatoms. The van der Waals surface area contributed by atoms with Gasteiger partial charge in [0, 0.05) is 11.6 Å². The molecule has 1 atom stereocenters. The molecule has 0 aliphatic rings. The number of rotatable bonds is 4. The van der Waals surface area contributed by atoms with Crippen LogP contribution in [0.4, 0.5) is 8.78 Å². The van der Waals surface area contributed by atoms with Gasteiger partial charge in [-0.2, -0.15) is 0 Å². The standard InChI is InChI=1S/C15H15F2NO/c1-19-15-5-3-2-4-10(15)8-14(18)12-9-11(16)6-7-13(12)17/h2-7,9,14H,8,18H2,1H3. The van der Waals surface area contributed by atoms with Crippen LogP contribution in [0.25, 0.3) is 0 Å². The van der Waals surface area contributed by atoms with E-state index in [1.807, 2.05) is 24.3 Å². The van der Waals surface area contributed by atoms with Crippen molar-refractivity contribution in [3.8, 4) is 5.75 Å². The van der Waals surface area contributed by atoms with Crippen LogP contribution in [-0.2, 0) is 6.42 Å². The van der Waals surface area contributed by atoms with Crippen molar-refractivity contribution < 1.29 is 13.5 Å². The summed E-state index contributed by atoms with van der Waals surface area (Å²) in [6.07, 6.45) is 0.379. The highest BCUT2D eigenvalue weighted by atomic mass is 19.1. The van der Waals surface area contributed by atoms with E-state index >= 15 is 0 Å². The third-order valence-electron chi connectivity index (χ3n) is 2.99. The van der Waals surface area contributed by atoms with Gasteiger partial charge in [0.25, 0.3) is 0 Å². The van der Waals surface area contributed by atoms with Crippen molar-refractivity contribution in [2.45, 2.75) is 12.5 Å². The Kier molecular flexibility index (Phi) is 4.12. The average Bonchev–Trinajstić information content (AvgIpc) is 2.42. The highest BCUT2D eigenvalue weighted by Crippen LogP contribution is 2.25. The molecular formula is C15H15F2NO. The van der Waals surface area contributed by atoms with Crippen LogP contribution in [0, 0.1) is 11.6 Å². The van der Waals surface area contributed by atoms with E-state index in [0.29, 0.717) is 12.2 Å². The van der Waals surface area contributed by atoms with Crippen LogP contribution in [0.15, 0.2) is 42.5 Å². The number of ether oxygens (including phenoxy) is 1. The minimum Gasteiger partial charge on any atom is -0.496 e. The van der Waals surface area contributed by atoms with E-state index in [1.165, 1.54) is 0 Å². The molecule has 0 spiro atoms. The summed E-state index contributed by atoms with van der Waals surface area (Å²) in [5.41, 5.74) is 6.99. The zero-order valence-electron chi connectivity index (χ0n) is 10.6. The van der Waals surface area contributed by atoms with E-state index in [9.17, 15) is 8.78 Å². The normalized spacial score (nSPS) is 12.2. The van der Waals surface area contributed by atoms with E-state index < -0.39 is 17.7 Å². The summed E-state index contributed by atoms with van der Waals surface area (Å²) in [7, 11) is 1.56. The van der Waals surface area contributed by atoms with Gasteiger partial charge < -0.3 is 10.5 Å². The molecule has 0 saturated carbocycles. The van der Waals surface area contributed by atoms with Crippen molar-refractivity contribution in [3.63, 3.8) is 0 Å². The Morgan fingerprint density at radius 1 is 1.16 bits per heavy atom. The maximum Gasteiger partial charge on any atom is 0.128 e. The van der Waals surface area contributed by atoms with Crippen molar-refractivity contribution in [1.82, 2.24) is 0 Å². The molecule has 2 rings (SSSR count). The van der Waals surface area contributed by atoms with E-state index in [1.54, 1.807) is 7.11 Å². The molecule has 19 heavy (non-hydrogen) atoms. The third-order valence-corrected chi connectivity index (χ3v) is 2.99. The van der Waals surface area contributed by atoms with Gasteiger partial charge in [-0.25, -0.2) is 8.78 Å². The Morgan fingerprint density at radius 2 is 1.89 bits per heavy atom. The molecule has 2 nitrogen and oxygen atoms in total. The molecular weight excluding hydrogens is 248 g/mol. The Bertz CT molecular complexity index is 572. The van der Waals surface area contributed by atoms with Crippen molar-refractivity contribution in [2.24, 2.45) is 5.73 Å². The number of hydrogen-bond donors (Lipinski definition) is 1. The molecule has 0 fully saturated rings. The number of benzene rings is 2. The maximum atomic E-state index is 13.6. The van der Waals surface area contributed by atoms with Crippen LogP contribution < -0.4 is 10.5 Å². The summed E-state index contributed by atoms with van der Waals surface area (Å²) in [4.78, 5) is 0. The number of halogens is 2. The van der Waals surface area contributed by atoms with Gasteiger partial charge >= 0.3 is 0 Å². The molecule has 2 aromatic carbocycles. The summed E-state index contributed by atoms with van der Waals surface area (Å²) < 4.78 is 32.0. The lowest BCUT2D eigenvalue weighted by Gasteiger charge is -2.15. The van der Waals surface area contributed by atoms with Crippen molar-refractivity contribution in [2.75, 3.05) is 7.11 Å². The fourth-order valence-corrected chi connectivity index (χ4v) is 2.02. The first-order valence-electron chi connectivity index (χ1n) is 5.94. The second-order valence-corrected chi connectivity index (χ2v) is 4.29. The van der Waals surface area contributed by atoms with Gasteiger partial charge in [0.2, 0.25) is 0 Å². The molecule has 0 saturated heterocycles. The van der Waals surface area contributed by atoms with E-state index in [4.69, 9.17) is 10.5 Å². The summed E-state index contributed by atoms with van der Waals surface area (Å²) in [6, 6.07) is 10.0. The fraction of sp³-hybridized carbons (Fsp3) is 0.200. The number of para-hydroxylation sites is 1. The molecule has 1 unspecified atom stereocenters. The van der Waals surface area contributed by atoms with E-state index in [0.717, 1.165) is 23.8 Å². The molecule has 0 radical (unpaired) electrons. The lowest BCUT2D eigenvalue weighted by molar-refractivity contribution is 0.407. The molecule has 0 aliphatic carbocycles. The Balaban J connectivity index is 2.25. The number of methoxy groups -OCH3 is 1. The van der Waals surface area contributed by atoms with Gasteiger partial charge in [0.15, 0.2) is 0 Å². The van der Waals surface area contributed by atoms with Gasteiger partial charge in [-0.15, -0.1) is 0 Å². The second kappa shape index (κ2) is 5.80. The largest absolute Gasteiger partial charge is 0.496 e. The molecule has 0 aromatic heterocycles. The number of hydrogen-bond acceptors (Lipinski definition) is 2. The van der Waals surface area contributed by atoms with E-state index in [2.05, 4.69) is 0 Å². The van der Waals surface area contributed by atoms with Crippen LogP contribution in [0.2, 0.25) is 0 Å². The first-order valence-corrected chi connectivity index (χ1v) is 5.94. The van der Waals surface area contributed by atoms with Crippen LogP contribution in [0.5, 0.6) is 5.75 Å². The first kappa shape index (κ1) is 13.5. The first-order chi connectivity index (χ1) is 9.11. The second-order valence-electron chi connectivity index (χ2n) is 4.29. The topological polar surface area (TPSA) is 35.2 Å². The van der Waals surface area contributed by atoms with Gasteiger partial charge in [0.05, 0.1) is 7.11 Å². The van der Waals surface area contributed by atoms with Gasteiger partial charge in [0.1, 0.15) is 17.4 Å². The minimum atomic E-state index is -0.619. The molecule has 0 aliphatic heterocycles. The summed E-state index contributed by atoms with van der Waals surface area (Å²) in [5, 5.41) is 0. The van der Waals surface area contributed by atoms with Crippen LogP contribution in [0.3, 0.4) is 0 Å². The molecule has 0 heterocycles. The summed E-state index contributed by atoms with van der Waals surface area (Å²) in [5.74, 6) is -0.301. The van der Waals surface area contributed by atoms with Crippen molar-refractivity contribution in [1.29, 1.82) is 0 Å². The van der Waals surface area contributed by atoms with Crippen LogP contribution in [-0.4, -0.2) is 7.11 Å². The lowest BCUT2D eigenvalue weighted by atomic mass is 9.98.